The number of benzene rings is 2. The van der Waals surface area contributed by atoms with Gasteiger partial charge < -0.3 is 15.5 Å². The Labute approximate surface area is 256 Å². The van der Waals surface area contributed by atoms with Gasteiger partial charge in [-0.3, -0.25) is 4.79 Å². The molecule has 0 saturated heterocycles. The van der Waals surface area contributed by atoms with Crippen molar-refractivity contribution in [3.8, 4) is 21.8 Å². The van der Waals surface area contributed by atoms with Crippen LogP contribution in [0.2, 0.25) is 5.02 Å². The van der Waals surface area contributed by atoms with Crippen molar-refractivity contribution in [2.45, 2.75) is 69.9 Å². The summed E-state index contributed by atoms with van der Waals surface area (Å²) in [4.78, 5) is 31.1. The fraction of sp³-hybridized carbons (Fsp3) is 0.394. The van der Waals surface area contributed by atoms with Crippen molar-refractivity contribution in [3.63, 3.8) is 0 Å². The Kier molecular flexibility index (Phi) is 8.72. The smallest absolute Gasteiger partial charge is 0.225 e. The minimum absolute atomic E-state index is 0.0403. The van der Waals surface area contributed by atoms with Crippen LogP contribution in [0.15, 0.2) is 54.6 Å². The van der Waals surface area contributed by atoms with E-state index in [1.165, 1.54) is 24.1 Å². The van der Waals surface area contributed by atoms with E-state index in [1.54, 1.807) is 11.3 Å². The lowest BCUT2D eigenvalue weighted by Crippen LogP contribution is -2.41. The minimum Gasteiger partial charge on any atom is -0.362 e. The molecule has 2 aliphatic rings. The molecule has 1 fully saturated rings. The van der Waals surface area contributed by atoms with Crippen LogP contribution in [0.1, 0.15) is 54.7 Å². The molecule has 1 amide bonds. The van der Waals surface area contributed by atoms with Crippen molar-refractivity contribution < 1.29 is 4.79 Å². The van der Waals surface area contributed by atoms with Gasteiger partial charge in [0.25, 0.3) is 0 Å². The molecular formula is C33H37ClN6OS. The summed E-state index contributed by atoms with van der Waals surface area (Å²) in [7, 11) is 4.12. The molecule has 2 aromatic heterocycles. The maximum Gasteiger partial charge on any atom is 0.225 e. The molecule has 7 nitrogen and oxygen atoms in total. The van der Waals surface area contributed by atoms with E-state index in [-0.39, 0.29) is 11.9 Å². The van der Waals surface area contributed by atoms with E-state index >= 15 is 0 Å². The van der Waals surface area contributed by atoms with E-state index in [2.05, 4.69) is 41.8 Å². The van der Waals surface area contributed by atoms with Crippen LogP contribution in [0.5, 0.6) is 0 Å². The van der Waals surface area contributed by atoms with Gasteiger partial charge in [0.1, 0.15) is 10.8 Å². The van der Waals surface area contributed by atoms with Gasteiger partial charge in [-0.25, -0.2) is 9.97 Å². The first-order chi connectivity index (χ1) is 20.4. The van der Waals surface area contributed by atoms with E-state index in [9.17, 15) is 4.79 Å². The van der Waals surface area contributed by atoms with Gasteiger partial charge in [0.05, 0.1) is 17.8 Å². The van der Waals surface area contributed by atoms with Gasteiger partial charge in [0.15, 0.2) is 0 Å². The first-order valence-electron chi connectivity index (χ1n) is 14.9. The molecule has 0 unspecified atom stereocenters. The summed E-state index contributed by atoms with van der Waals surface area (Å²) in [5.41, 5.74) is 5.37. The second-order valence-electron chi connectivity index (χ2n) is 11.5. The van der Waals surface area contributed by atoms with Crippen LogP contribution < -0.4 is 15.5 Å². The standard InChI is InChI=1S/C33H37ClN6OS/c1-40(2)31-26-10-6-7-11-27(26)37-33(39-31)36-25-18-16-24(17-19-25)35-29(41)20-28-30(21-12-14-23(34)15-13-21)38-32(42-28)22-8-4-3-5-9-22/h3-5,8-9,12-15,24-25H,6-7,10-11,16-20H2,1-2H3,(H,35,41)(H,36,37,39)/t24-,25+. The topological polar surface area (TPSA) is 83.0 Å². The number of carbonyl (C=O) groups excluding carboxylic acids is 1. The molecule has 2 N–H and O–H groups in total. The number of carbonyl (C=O) groups is 1. The van der Waals surface area contributed by atoms with Crippen molar-refractivity contribution >= 4 is 40.6 Å². The Balaban J connectivity index is 1.09. The molecule has 2 aromatic carbocycles. The molecular weight excluding hydrogens is 564 g/mol. The predicted octanol–water partition coefficient (Wildman–Crippen LogP) is 6.95. The van der Waals surface area contributed by atoms with Gasteiger partial charge in [-0.15, -0.1) is 11.3 Å². The van der Waals surface area contributed by atoms with Gasteiger partial charge in [-0.05, 0) is 63.5 Å². The molecule has 2 aliphatic carbocycles. The molecule has 9 heteroatoms. The number of halogens is 1. The molecule has 218 valence electrons. The molecule has 0 atom stereocenters. The predicted molar refractivity (Wildman–Crippen MR) is 173 cm³/mol. The number of amides is 1. The summed E-state index contributed by atoms with van der Waals surface area (Å²) in [6.45, 7) is 0. The fourth-order valence-electron chi connectivity index (χ4n) is 6.01. The maximum absolute atomic E-state index is 13.3. The van der Waals surface area contributed by atoms with Crippen molar-refractivity contribution in [1.29, 1.82) is 0 Å². The lowest BCUT2D eigenvalue weighted by atomic mass is 9.91. The van der Waals surface area contributed by atoms with E-state index in [0.29, 0.717) is 17.5 Å². The summed E-state index contributed by atoms with van der Waals surface area (Å²) >= 11 is 7.72. The lowest BCUT2D eigenvalue weighted by Gasteiger charge is -2.30. The Bertz CT molecular complexity index is 1530. The number of nitrogens with one attached hydrogen (secondary N) is 2. The van der Waals surface area contributed by atoms with Gasteiger partial charge >= 0.3 is 0 Å². The van der Waals surface area contributed by atoms with E-state index in [4.69, 9.17) is 26.6 Å². The Hall–Kier alpha value is -3.49. The van der Waals surface area contributed by atoms with E-state index < -0.39 is 0 Å². The van der Waals surface area contributed by atoms with Crippen molar-refractivity contribution in [2.75, 3.05) is 24.3 Å². The van der Waals surface area contributed by atoms with Crippen molar-refractivity contribution in [2.24, 2.45) is 0 Å². The fourth-order valence-corrected chi connectivity index (χ4v) is 7.22. The van der Waals surface area contributed by atoms with Crippen LogP contribution in [0, 0.1) is 0 Å². The highest BCUT2D eigenvalue weighted by atomic mass is 35.5. The largest absolute Gasteiger partial charge is 0.362 e. The number of nitrogens with zero attached hydrogens (tertiary/aromatic N) is 4. The quantitative estimate of drug-likeness (QED) is 0.228. The zero-order valence-electron chi connectivity index (χ0n) is 24.2. The van der Waals surface area contributed by atoms with Crippen LogP contribution in [0.3, 0.4) is 0 Å². The summed E-state index contributed by atoms with van der Waals surface area (Å²) in [5.74, 6) is 1.82. The Morgan fingerprint density at radius 1 is 0.905 bits per heavy atom. The maximum atomic E-state index is 13.3. The molecule has 6 rings (SSSR count). The monoisotopic (exact) mass is 600 g/mol. The van der Waals surface area contributed by atoms with E-state index in [1.807, 2.05) is 42.5 Å². The number of aromatic nitrogens is 3. The zero-order chi connectivity index (χ0) is 29.1. The van der Waals surface area contributed by atoms with Crippen molar-refractivity contribution in [3.05, 3.63) is 75.8 Å². The molecule has 2 heterocycles. The first kappa shape index (κ1) is 28.6. The average molecular weight is 601 g/mol. The highest BCUT2D eigenvalue weighted by molar-refractivity contribution is 7.15. The number of rotatable bonds is 8. The minimum atomic E-state index is 0.0403. The third-order valence-electron chi connectivity index (χ3n) is 8.17. The molecule has 0 aliphatic heterocycles. The number of thiazole rings is 1. The summed E-state index contributed by atoms with van der Waals surface area (Å²) in [6.07, 6.45) is 8.58. The summed E-state index contributed by atoms with van der Waals surface area (Å²) in [6, 6.07) is 18.3. The van der Waals surface area contributed by atoms with Crippen LogP contribution in [-0.4, -0.2) is 47.0 Å². The number of hydrogen-bond donors (Lipinski definition) is 2. The third kappa shape index (κ3) is 6.60. The second-order valence-corrected chi connectivity index (χ2v) is 13.0. The van der Waals surface area contributed by atoms with Crippen LogP contribution >= 0.6 is 22.9 Å². The molecule has 1 saturated carbocycles. The normalized spacial score (nSPS) is 18.3. The van der Waals surface area contributed by atoms with Gasteiger partial charge in [0, 0.05) is 52.8 Å². The molecule has 4 aromatic rings. The highest BCUT2D eigenvalue weighted by Gasteiger charge is 2.26. The van der Waals surface area contributed by atoms with Gasteiger partial charge in [-0.2, -0.15) is 4.98 Å². The molecule has 0 radical (unpaired) electrons. The lowest BCUT2D eigenvalue weighted by molar-refractivity contribution is -0.121. The molecule has 0 spiro atoms. The van der Waals surface area contributed by atoms with Crippen LogP contribution in [0.4, 0.5) is 11.8 Å². The molecule has 42 heavy (non-hydrogen) atoms. The van der Waals surface area contributed by atoms with Gasteiger partial charge in [-0.1, -0.05) is 54.1 Å². The van der Waals surface area contributed by atoms with E-state index in [0.717, 1.165) is 77.0 Å². The SMILES string of the molecule is CN(C)c1nc(N[C@H]2CC[C@@H](NC(=O)Cc3sc(-c4ccccc4)nc3-c3ccc(Cl)cc3)CC2)nc2c1CCCC2. The number of aryl methyl sites for hydroxylation is 1. The third-order valence-corrected chi connectivity index (χ3v) is 9.52. The van der Waals surface area contributed by atoms with Crippen LogP contribution in [-0.2, 0) is 24.1 Å². The number of fused-ring (bicyclic) bond motifs is 1. The Morgan fingerprint density at radius 2 is 1.62 bits per heavy atom. The van der Waals surface area contributed by atoms with Crippen LogP contribution in [0.25, 0.3) is 21.8 Å². The first-order valence-corrected chi connectivity index (χ1v) is 16.1. The summed E-state index contributed by atoms with van der Waals surface area (Å²) < 4.78 is 0. The number of hydrogen-bond acceptors (Lipinski definition) is 7. The highest BCUT2D eigenvalue weighted by Crippen LogP contribution is 2.35. The Morgan fingerprint density at radius 3 is 2.36 bits per heavy atom. The number of anilines is 2. The second kappa shape index (κ2) is 12.8. The van der Waals surface area contributed by atoms with Crippen molar-refractivity contribution in [1.82, 2.24) is 20.3 Å². The summed E-state index contributed by atoms with van der Waals surface area (Å²) in [5, 5.41) is 8.51. The zero-order valence-corrected chi connectivity index (χ0v) is 25.8. The molecule has 0 bridgehead atoms. The average Bonchev–Trinajstić information content (AvgIpc) is 3.42. The van der Waals surface area contributed by atoms with Gasteiger partial charge in [0.2, 0.25) is 11.9 Å².